The summed E-state index contributed by atoms with van der Waals surface area (Å²) in [6, 6.07) is 39.7. The number of aryl methyl sites for hydroxylation is 2. The van der Waals surface area contributed by atoms with Gasteiger partial charge < -0.3 is 9.80 Å². The van der Waals surface area contributed by atoms with Crippen molar-refractivity contribution in [2.24, 2.45) is 0 Å². The number of benzene rings is 5. The van der Waals surface area contributed by atoms with Gasteiger partial charge in [0.15, 0.2) is 0 Å². The van der Waals surface area contributed by atoms with Crippen molar-refractivity contribution >= 4 is 67.9 Å². The summed E-state index contributed by atoms with van der Waals surface area (Å²) in [5.74, 6) is 0. The van der Waals surface area contributed by atoms with Gasteiger partial charge >= 0.3 is 0 Å². The Kier molecular flexibility index (Phi) is 8.26. The van der Waals surface area contributed by atoms with E-state index in [0.717, 1.165) is 0 Å². The molecule has 6 aromatic rings. The summed E-state index contributed by atoms with van der Waals surface area (Å²) in [6.45, 7) is 28.7. The maximum atomic E-state index is 2.72. The van der Waals surface area contributed by atoms with E-state index in [9.17, 15) is 0 Å². The standard InChI is InChI=1S/C52H57BN2S/c1-32-28-42-45-43(29-32)55(41-30-35(19-18-33(41)2)34-16-14-13-15-17-34)46-44-47(52(11,12)27-26-51(44,9)10)56-48(46)53(45)39-31-37(50(6,7)8)22-25-40(39)54(42)38-23-20-36(21-24-38)49(3,4)5/h13-25,28-31H,26-27H2,1-12H3. The minimum Gasteiger partial charge on any atom is -0.311 e. The van der Waals surface area contributed by atoms with E-state index >= 15 is 0 Å². The van der Waals surface area contributed by atoms with Crippen LogP contribution in [-0.2, 0) is 21.7 Å². The first-order chi connectivity index (χ1) is 26.3. The molecule has 4 heteroatoms. The smallest absolute Gasteiger partial charge is 0.264 e. The molecule has 9 rings (SSSR count). The normalized spacial score (nSPS) is 16.6. The van der Waals surface area contributed by atoms with Crippen LogP contribution in [-0.4, -0.2) is 6.71 Å². The van der Waals surface area contributed by atoms with Crippen LogP contribution < -0.4 is 25.5 Å². The molecule has 3 heterocycles. The summed E-state index contributed by atoms with van der Waals surface area (Å²) >= 11 is 2.11. The Bertz CT molecular complexity index is 2520. The predicted octanol–water partition coefficient (Wildman–Crippen LogP) is 13.1. The van der Waals surface area contributed by atoms with Gasteiger partial charge in [0.25, 0.3) is 6.71 Å². The molecule has 0 unspecified atom stereocenters. The number of fused-ring (bicyclic) bond motifs is 6. The number of hydrogen-bond acceptors (Lipinski definition) is 3. The van der Waals surface area contributed by atoms with Gasteiger partial charge in [0, 0.05) is 38.1 Å². The van der Waals surface area contributed by atoms with Crippen molar-refractivity contribution in [2.45, 2.75) is 118 Å². The fraction of sp³-hybridized carbons (Fsp3) is 0.346. The molecule has 0 radical (unpaired) electrons. The van der Waals surface area contributed by atoms with E-state index < -0.39 is 0 Å². The largest absolute Gasteiger partial charge is 0.311 e. The predicted molar refractivity (Wildman–Crippen MR) is 246 cm³/mol. The highest BCUT2D eigenvalue weighted by Gasteiger charge is 2.51. The summed E-state index contributed by atoms with van der Waals surface area (Å²) in [5.41, 5.74) is 20.2. The molecule has 0 spiro atoms. The SMILES string of the molecule is Cc1cc2c3c(c1)N(c1cc(-c4ccccc4)ccc1C)c1c(sc4c1C(C)(C)CCC4(C)C)B3c1cc(C(C)(C)C)ccc1N2c1ccc(C(C)(C)C)cc1. The lowest BCUT2D eigenvalue weighted by molar-refractivity contribution is 0.339. The zero-order chi connectivity index (χ0) is 39.7. The monoisotopic (exact) mass is 752 g/mol. The van der Waals surface area contributed by atoms with Crippen molar-refractivity contribution in [1.29, 1.82) is 0 Å². The molecule has 0 bridgehead atoms. The Balaban J connectivity index is 1.41. The van der Waals surface area contributed by atoms with Crippen molar-refractivity contribution in [1.82, 2.24) is 0 Å². The first kappa shape index (κ1) is 37.1. The Hall–Kier alpha value is -4.54. The van der Waals surface area contributed by atoms with Gasteiger partial charge in [-0.2, -0.15) is 11.3 Å². The van der Waals surface area contributed by atoms with Gasteiger partial charge in [0.1, 0.15) is 0 Å². The quantitative estimate of drug-likeness (QED) is 0.166. The molecule has 284 valence electrons. The van der Waals surface area contributed by atoms with Gasteiger partial charge in [-0.3, -0.25) is 0 Å². The molecule has 1 aromatic heterocycles. The second kappa shape index (κ2) is 12.5. The van der Waals surface area contributed by atoms with E-state index in [1.807, 2.05) is 0 Å². The molecule has 0 saturated carbocycles. The first-order valence-corrected chi connectivity index (χ1v) is 21.5. The lowest BCUT2D eigenvalue weighted by atomic mass is 9.35. The Labute approximate surface area is 340 Å². The number of rotatable bonds is 3. The molecule has 0 fully saturated rings. The van der Waals surface area contributed by atoms with Crippen LogP contribution in [0.15, 0.2) is 103 Å². The number of hydrogen-bond donors (Lipinski definition) is 0. The highest BCUT2D eigenvalue weighted by molar-refractivity contribution is 7.29. The Morgan fingerprint density at radius 1 is 0.589 bits per heavy atom. The molecule has 0 amide bonds. The van der Waals surface area contributed by atoms with Crippen molar-refractivity contribution in [3.8, 4) is 11.1 Å². The third-order valence-electron chi connectivity index (χ3n) is 13.1. The van der Waals surface area contributed by atoms with E-state index in [4.69, 9.17) is 0 Å². The van der Waals surface area contributed by atoms with Crippen LogP contribution in [0, 0.1) is 13.8 Å². The molecule has 2 aliphatic heterocycles. The third-order valence-corrected chi connectivity index (χ3v) is 14.7. The van der Waals surface area contributed by atoms with Gasteiger partial charge in [-0.25, -0.2) is 0 Å². The lowest BCUT2D eigenvalue weighted by Crippen LogP contribution is -2.61. The maximum Gasteiger partial charge on any atom is 0.264 e. The molecule has 3 aliphatic rings. The van der Waals surface area contributed by atoms with Crippen molar-refractivity contribution < 1.29 is 0 Å². The van der Waals surface area contributed by atoms with E-state index in [1.54, 1.807) is 10.4 Å². The molecule has 1 aliphatic carbocycles. The Morgan fingerprint density at radius 2 is 1.21 bits per heavy atom. The van der Waals surface area contributed by atoms with Crippen LogP contribution in [0.1, 0.15) is 115 Å². The second-order valence-electron chi connectivity index (χ2n) is 20.3. The first-order valence-electron chi connectivity index (χ1n) is 20.7. The Morgan fingerprint density at radius 3 is 1.88 bits per heavy atom. The van der Waals surface area contributed by atoms with E-state index in [0.29, 0.717) is 0 Å². The maximum absolute atomic E-state index is 2.72. The summed E-state index contributed by atoms with van der Waals surface area (Å²) < 4.78 is 1.50. The topological polar surface area (TPSA) is 6.48 Å². The molecular weight excluding hydrogens is 695 g/mol. The van der Waals surface area contributed by atoms with Crippen LogP contribution >= 0.6 is 11.3 Å². The third kappa shape index (κ3) is 5.72. The van der Waals surface area contributed by atoms with Crippen molar-refractivity contribution in [3.63, 3.8) is 0 Å². The molecule has 0 atom stereocenters. The molecule has 0 N–H and O–H groups in total. The van der Waals surface area contributed by atoms with Crippen LogP contribution in [0.3, 0.4) is 0 Å². The highest BCUT2D eigenvalue weighted by atomic mass is 32.1. The fourth-order valence-electron chi connectivity index (χ4n) is 9.68. The van der Waals surface area contributed by atoms with Crippen LogP contribution in [0.4, 0.5) is 34.1 Å². The zero-order valence-corrected chi connectivity index (χ0v) is 36.4. The van der Waals surface area contributed by atoms with Crippen molar-refractivity contribution in [2.75, 3.05) is 9.80 Å². The molecule has 2 nitrogen and oxygen atoms in total. The number of thiophene rings is 1. The summed E-state index contributed by atoms with van der Waals surface area (Å²) in [7, 11) is 0. The van der Waals surface area contributed by atoms with E-state index in [2.05, 4.69) is 207 Å². The van der Waals surface area contributed by atoms with Crippen LogP contribution in [0.25, 0.3) is 11.1 Å². The van der Waals surface area contributed by atoms with E-state index in [-0.39, 0.29) is 28.4 Å². The number of nitrogens with zero attached hydrogens (tertiary/aromatic N) is 2. The van der Waals surface area contributed by atoms with Crippen molar-refractivity contribution in [3.05, 3.63) is 136 Å². The zero-order valence-electron chi connectivity index (χ0n) is 35.6. The second-order valence-corrected chi connectivity index (χ2v) is 21.3. The highest BCUT2D eigenvalue weighted by Crippen LogP contribution is 2.56. The van der Waals surface area contributed by atoms with Gasteiger partial charge in [-0.15, -0.1) is 0 Å². The van der Waals surface area contributed by atoms with Crippen LogP contribution in [0.2, 0.25) is 0 Å². The van der Waals surface area contributed by atoms with Crippen LogP contribution in [0.5, 0.6) is 0 Å². The summed E-state index contributed by atoms with van der Waals surface area (Å²) in [5, 5.41) is 0. The minimum atomic E-state index is 0.0157. The minimum absolute atomic E-state index is 0.0157. The average molecular weight is 753 g/mol. The molecular formula is C52H57BN2S. The van der Waals surface area contributed by atoms with Gasteiger partial charge in [-0.05, 0) is 135 Å². The summed E-state index contributed by atoms with van der Waals surface area (Å²) in [4.78, 5) is 6.87. The lowest BCUT2D eigenvalue weighted by Gasteiger charge is -2.46. The van der Waals surface area contributed by atoms with Gasteiger partial charge in [0.05, 0.1) is 5.69 Å². The summed E-state index contributed by atoms with van der Waals surface area (Å²) in [6.07, 6.45) is 2.37. The fourth-order valence-corrected chi connectivity index (χ4v) is 11.4. The molecule has 56 heavy (non-hydrogen) atoms. The molecule has 0 saturated heterocycles. The van der Waals surface area contributed by atoms with E-state index in [1.165, 1.54) is 96.0 Å². The molecule has 5 aromatic carbocycles. The number of anilines is 6. The average Bonchev–Trinajstić information content (AvgIpc) is 3.56. The van der Waals surface area contributed by atoms with Gasteiger partial charge in [0.2, 0.25) is 0 Å². The van der Waals surface area contributed by atoms with Gasteiger partial charge in [-0.1, -0.05) is 136 Å².